The van der Waals surface area contributed by atoms with Gasteiger partial charge in [0.2, 0.25) is 10.0 Å². The van der Waals surface area contributed by atoms with Crippen molar-refractivity contribution in [3.8, 4) is 17.6 Å². The number of halogens is 4. The predicted molar refractivity (Wildman–Crippen MR) is 161 cm³/mol. The largest absolute Gasteiger partial charge is 0.619 e. The quantitative estimate of drug-likeness (QED) is 0.137. The van der Waals surface area contributed by atoms with Gasteiger partial charge in [0.05, 0.1) is 12.2 Å². The molecule has 0 unspecified atom stereocenters. The molecule has 2 heterocycles. The SMILES string of the molecule is N#Cc1ccccc1S(=O)(=O)N1CCS[C@H]1C(=O)O[C@@H](Cc1c(Cl)c[n+]([O-])cc1Cl)c1ccc(OC(F)F)c(OCC2CC2)c1. The summed E-state index contributed by atoms with van der Waals surface area (Å²) in [5, 5.41) is 20.0. The van der Waals surface area contributed by atoms with Gasteiger partial charge in [-0.3, -0.25) is 0 Å². The van der Waals surface area contributed by atoms with Crippen LogP contribution in [0.4, 0.5) is 8.78 Å². The molecule has 1 aliphatic heterocycles. The lowest BCUT2D eigenvalue weighted by Crippen LogP contribution is -2.41. The molecule has 1 aromatic heterocycles. The van der Waals surface area contributed by atoms with Gasteiger partial charge in [0.1, 0.15) is 27.1 Å². The highest BCUT2D eigenvalue weighted by Gasteiger charge is 2.43. The molecule has 0 radical (unpaired) electrons. The molecule has 0 N–H and O–H groups in total. The second kappa shape index (κ2) is 14.0. The third-order valence-electron chi connectivity index (χ3n) is 7.08. The van der Waals surface area contributed by atoms with Crippen LogP contribution >= 0.6 is 35.0 Å². The van der Waals surface area contributed by atoms with Gasteiger partial charge in [0, 0.05) is 24.3 Å². The van der Waals surface area contributed by atoms with Crippen LogP contribution in [0.2, 0.25) is 10.0 Å². The number of alkyl halides is 2. The Morgan fingerprint density at radius 2 is 1.87 bits per heavy atom. The van der Waals surface area contributed by atoms with Gasteiger partial charge in [-0.15, -0.1) is 11.8 Å². The van der Waals surface area contributed by atoms with Crippen molar-refractivity contribution in [2.45, 2.75) is 42.2 Å². The first-order valence-corrected chi connectivity index (χ1v) is 16.8. The highest BCUT2D eigenvalue weighted by molar-refractivity contribution is 8.02. The van der Waals surface area contributed by atoms with Crippen molar-refractivity contribution < 1.29 is 40.9 Å². The molecule has 1 saturated carbocycles. The van der Waals surface area contributed by atoms with Crippen LogP contribution in [-0.2, 0) is 26.0 Å². The lowest BCUT2D eigenvalue weighted by molar-refractivity contribution is -0.605. The number of nitrogens with zero attached hydrogens (tertiary/aromatic N) is 3. The molecule has 2 aromatic carbocycles. The van der Waals surface area contributed by atoms with Crippen LogP contribution in [0, 0.1) is 22.5 Å². The van der Waals surface area contributed by atoms with Crippen molar-refractivity contribution in [3.63, 3.8) is 0 Å². The Kier molecular flexibility index (Phi) is 10.2. The number of sulfonamides is 1. The maximum absolute atomic E-state index is 13.7. The molecule has 45 heavy (non-hydrogen) atoms. The molecule has 0 spiro atoms. The molecule has 2 atom stereocenters. The van der Waals surface area contributed by atoms with E-state index < -0.39 is 34.1 Å². The number of ether oxygens (including phenoxy) is 3. The van der Waals surface area contributed by atoms with E-state index in [4.69, 9.17) is 32.7 Å². The second-order valence-electron chi connectivity index (χ2n) is 10.2. The van der Waals surface area contributed by atoms with Crippen LogP contribution in [0.1, 0.15) is 35.6 Å². The molecule has 3 aromatic rings. The van der Waals surface area contributed by atoms with Crippen LogP contribution in [0.5, 0.6) is 11.5 Å². The summed E-state index contributed by atoms with van der Waals surface area (Å²) in [6.07, 6.45) is 2.66. The Morgan fingerprint density at radius 1 is 1.16 bits per heavy atom. The Balaban J connectivity index is 1.49. The van der Waals surface area contributed by atoms with Gasteiger partial charge in [0.25, 0.3) is 0 Å². The third-order valence-corrected chi connectivity index (χ3v) is 11.0. The Morgan fingerprint density at radius 3 is 2.53 bits per heavy atom. The average Bonchev–Trinajstić information content (AvgIpc) is 3.69. The smallest absolute Gasteiger partial charge is 0.387 e. The van der Waals surface area contributed by atoms with Crippen LogP contribution < -0.4 is 14.2 Å². The monoisotopic (exact) mass is 699 g/mol. The maximum atomic E-state index is 13.7. The number of nitriles is 1. The minimum Gasteiger partial charge on any atom is -0.619 e. The molecular weight excluding hydrogens is 675 g/mol. The summed E-state index contributed by atoms with van der Waals surface area (Å²) < 4.78 is 71.2. The van der Waals surface area contributed by atoms with Crippen molar-refractivity contribution in [2.24, 2.45) is 5.92 Å². The normalized spacial score (nSPS) is 17.6. The molecule has 1 saturated heterocycles. The first kappa shape index (κ1) is 33.0. The zero-order chi connectivity index (χ0) is 32.3. The number of carbonyl (C=O) groups is 1. The van der Waals surface area contributed by atoms with Gasteiger partial charge in [-0.05, 0) is 48.6 Å². The van der Waals surface area contributed by atoms with Gasteiger partial charge in [0.15, 0.2) is 29.3 Å². The number of esters is 1. The van der Waals surface area contributed by atoms with Crippen LogP contribution in [0.15, 0.2) is 59.8 Å². The van der Waals surface area contributed by atoms with E-state index in [0.29, 0.717) is 4.73 Å². The summed E-state index contributed by atoms with van der Waals surface area (Å²) in [6, 6.07) is 11.6. The maximum Gasteiger partial charge on any atom is 0.387 e. The Bertz CT molecular complexity index is 1720. The molecule has 238 valence electrons. The van der Waals surface area contributed by atoms with Gasteiger partial charge < -0.3 is 19.4 Å². The summed E-state index contributed by atoms with van der Waals surface area (Å²) in [4.78, 5) is 13.5. The van der Waals surface area contributed by atoms with E-state index in [9.17, 15) is 32.5 Å². The van der Waals surface area contributed by atoms with Crippen molar-refractivity contribution in [2.75, 3.05) is 18.9 Å². The van der Waals surface area contributed by atoms with Crippen molar-refractivity contribution in [1.82, 2.24) is 4.31 Å². The number of benzene rings is 2. The van der Waals surface area contributed by atoms with E-state index in [1.54, 1.807) is 0 Å². The molecule has 0 amide bonds. The van der Waals surface area contributed by atoms with Crippen molar-refractivity contribution >= 4 is 51.0 Å². The number of carbonyl (C=O) groups excluding carboxylic acids is 1. The minimum absolute atomic E-state index is 0.00374. The van der Waals surface area contributed by atoms with E-state index in [1.807, 2.05) is 6.07 Å². The molecule has 16 heteroatoms. The summed E-state index contributed by atoms with van der Waals surface area (Å²) in [5.74, 6) is -0.591. The first-order chi connectivity index (χ1) is 21.5. The number of aromatic nitrogens is 1. The predicted octanol–water partition coefficient (Wildman–Crippen LogP) is 5.48. The number of hydrogen-bond donors (Lipinski definition) is 0. The summed E-state index contributed by atoms with van der Waals surface area (Å²) in [7, 11) is -4.28. The van der Waals surface area contributed by atoms with Crippen molar-refractivity contribution in [1.29, 1.82) is 5.26 Å². The molecule has 0 bridgehead atoms. The topological polar surface area (TPSA) is 133 Å². The zero-order valence-corrected chi connectivity index (χ0v) is 26.4. The van der Waals surface area contributed by atoms with Crippen LogP contribution in [0.25, 0.3) is 0 Å². The molecule has 2 aliphatic rings. The lowest BCUT2D eigenvalue weighted by Gasteiger charge is -2.26. The fraction of sp³-hybridized carbons (Fsp3) is 0.345. The number of thioether (sulfide) groups is 1. The lowest BCUT2D eigenvalue weighted by atomic mass is 10.0. The van der Waals surface area contributed by atoms with Crippen LogP contribution in [0.3, 0.4) is 0 Å². The highest BCUT2D eigenvalue weighted by Crippen LogP contribution is 2.39. The average molecular weight is 701 g/mol. The second-order valence-corrected chi connectivity index (χ2v) is 14.1. The van der Waals surface area contributed by atoms with Gasteiger partial charge in [-0.2, -0.15) is 23.1 Å². The highest BCUT2D eigenvalue weighted by atomic mass is 35.5. The zero-order valence-electron chi connectivity index (χ0n) is 23.3. The van der Waals surface area contributed by atoms with Crippen molar-refractivity contribution in [3.05, 3.63) is 86.8 Å². The van der Waals surface area contributed by atoms with Gasteiger partial charge in [-0.1, -0.05) is 41.4 Å². The van der Waals surface area contributed by atoms with Gasteiger partial charge >= 0.3 is 12.6 Å². The number of hydrogen-bond acceptors (Lipinski definition) is 9. The number of rotatable bonds is 12. The fourth-order valence-electron chi connectivity index (χ4n) is 4.66. The molecule has 5 rings (SSSR count). The van der Waals surface area contributed by atoms with E-state index in [2.05, 4.69) is 4.74 Å². The van der Waals surface area contributed by atoms with E-state index >= 15 is 0 Å². The minimum atomic E-state index is -4.28. The van der Waals surface area contributed by atoms with E-state index in [1.165, 1.54) is 42.5 Å². The molecule has 10 nitrogen and oxygen atoms in total. The summed E-state index contributed by atoms with van der Waals surface area (Å²) in [6.45, 7) is -2.87. The van der Waals surface area contributed by atoms with E-state index in [-0.39, 0.29) is 74.4 Å². The number of pyridine rings is 1. The summed E-state index contributed by atoms with van der Waals surface area (Å²) >= 11 is 13.7. The Hall–Kier alpha value is -3.35. The third kappa shape index (κ3) is 7.73. The van der Waals surface area contributed by atoms with Crippen LogP contribution in [-0.4, -0.2) is 49.6 Å². The van der Waals surface area contributed by atoms with Gasteiger partial charge in [-0.25, -0.2) is 13.2 Å². The molecule has 2 fully saturated rings. The molecule has 1 aliphatic carbocycles. The van der Waals surface area contributed by atoms with E-state index in [0.717, 1.165) is 41.3 Å². The Labute approximate surface area is 272 Å². The molecular formula is C29H25Cl2F2N3O7S2. The summed E-state index contributed by atoms with van der Waals surface area (Å²) in [5.41, 5.74) is 0.463. The first-order valence-electron chi connectivity index (χ1n) is 13.6. The fourth-order valence-corrected chi connectivity index (χ4v) is 8.45. The standard InChI is InChI=1S/C29H25Cl2F2N3O7S2/c30-21-14-35(38)15-22(31)20(21)12-24(18-7-8-23(43-29(32)33)25(11-18)41-16-17-5-6-17)42-28(37)27-36(9-10-44-27)45(39,40)26-4-2-1-3-19(26)13-34/h1-4,7-8,11,14-15,17,24,27,29H,5-6,9-10,12,16H2/t24-,27-/m0/s1.